The lowest BCUT2D eigenvalue weighted by atomic mass is 10.0. The number of unbranched alkanes of at least 4 members (excludes halogenated alkanes) is 1. The number of hydrogen-bond donors (Lipinski definition) is 12. The Morgan fingerprint density at radius 2 is 1.12 bits per heavy atom. The summed E-state index contributed by atoms with van der Waals surface area (Å²) < 4.78 is 0. The van der Waals surface area contributed by atoms with E-state index in [9.17, 15) is 28.8 Å². The molecule has 6 atom stereocenters. The van der Waals surface area contributed by atoms with Gasteiger partial charge in [0.15, 0.2) is 17.9 Å². The molecular weight excluding hydrogens is 827 g/mol. The largest absolute Gasteiger partial charge is 0.370 e. The Kier molecular flexibility index (Phi) is 19.4. The van der Waals surface area contributed by atoms with Crippen molar-refractivity contribution in [3.8, 4) is 0 Å². The van der Waals surface area contributed by atoms with Crippen molar-refractivity contribution < 1.29 is 28.8 Å². The average molecular weight is 894 g/mol. The molecule has 4 rings (SSSR count). The van der Waals surface area contributed by atoms with Crippen LogP contribution in [0, 0.1) is 0 Å². The quantitative estimate of drug-likeness (QED) is 0.0399. The van der Waals surface area contributed by atoms with Crippen molar-refractivity contribution in [2.75, 3.05) is 39.8 Å². The fraction of sp³-hybridized carbons (Fsp3) is 0.585. The molecule has 19 N–H and O–H groups in total. The van der Waals surface area contributed by atoms with Crippen LogP contribution in [0.3, 0.4) is 0 Å². The average Bonchev–Trinajstić information content (AvgIpc) is 3.92. The minimum absolute atomic E-state index is 0.0162. The van der Waals surface area contributed by atoms with E-state index in [1.807, 2.05) is 24.3 Å². The van der Waals surface area contributed by atoms with Crippen LogP contribution in [0.15, 0.2) is 45.4 Å². The maximum Gasteiger partial charge on any atom is 0.245 e. The van der Waals surface area contributed by atoms with Crippen molar-refractivity contribution in [2.45, 2.75) is 113 Å². The molecule has 0 aliphatic carbocycles. The number of carbonyl (C=O) groups is 6. The highest BCUT2D eigenvalue weighted by Crippen LogP contribution is 2.25. The Balaban J connectivity index is 1.82. The second-order valence-electron chi connectivity index (χ2n) is 16.1. The minimum Gasteiger partial charge on any atom is -0.370 e. The molecule has 23 heteroatoms. The third-order valence-corrected chi connectivity index (χ3v) is 11.3. The molecule has 1 aromatic carbocycles. The molecule has 0 unspecified atom stereocenters. The number of likely N-dealkylation sites (N-methyl/N-ethyl adjacent to an activating group) is 1. The monoisotopic (exact) mass is 894 g/mol. The molecule has 352 valence electrons. The maximum absolute atomic E-state index is 14.7. The number of carbonyl (C=O) groups excluding carboxylic acids is 6. The van der Waals surface area contributed by atoms with Crippen molar-refractivity contribution in [2.24, 2.45) is 55.1 Å². The fourth-order valence-electron chi connectivity index (χ4n) is 7.94. The number of hydrogen-bond acceptors (Lipinski definition) is 10. The molecule has 0 saturated carbocycles. The van der Waals surface area contributed by atoms with Crippen molar-refractivity contribution in [1.29, 1.82) is 0 Å². The second kappa shape index (κ2) is 24.8. The summed E-state index contributed by atoms with van der Waals surface area (Å²) in [5.74, 6) is -4.21. The number of nitrogens with one attached hydrogen (secondary N) is 5. The normalized spacial score (nSPS) is 22.7. The highest BCUT2D eigenvalue weighted by molar-refractivity contribution is 5.99. The second-order valence-corrected chi connectivity index (χ2v) is 16.1. The first kappa shape index (κ1) is 50.0. The van der Waals surface area contributed by atoms with Crippen LogP contribution >= 0.6 is 0 Å². The smallest absolute Gasteiger partial charge is 0.245 e. The van der Waals surface area contributed by atoms with Crippen molar-refractivity contribution in [3.05, 3.63) is 36.0 Å². The highest BCUT2D eigenvalue weighted by atomic mass is 16.2. The van der Waals surface area contributed by atoms with Gasteiger partial charge in [0.1, 0.15) is 36.3 Å². The molecule has 0 spiro atoms. The molecule has 2 aliphatic heterocycles. The summed E-state index contributed by atoms with van der Waals surface area (Å²) in [5.41, 5.74) is 40.6. The molecular formula is C41H67N17O6. The van der Waals surface area contributed by atoms with Crippen LogP contribution in [-0.2, 0) is 35.2 Å². The number of nitrogens with two attached hydrogens (primary N) is 7. The summed E-state index contributed by atoms with van der Waals surface area (Å²) in [5, 5.41) is 12.1. The first-order valence-corrected chi connectivity index (χ1v) is 21.8. The molecule has 3 heterocycles. The van der Waals surface area contributed by atoms with Crippen LogP contribution in [0.1, 0.15) is 76.2 Å². The SMILES string of the molecule is CN1C(=O)[C@H]2CCCN2C(=O)[C@H](CCCCN)NC(=O)[C@H](CCCN=C(N)N)NC(=O)[C@@H](CCCN=C(N)N)NC(=O)[C@H](CCCN=C(N)N)NC(=O)[C@@H]1Cc1c[nH]c2ccccc12. The topological polar surface area (TPSA) is 392 Å². The number of rotatable bonds is 18. The van der Waals surface area contributed by atoms with Gasteiger partial charge in [-0.15, -0.1) is 0 Å². The van der Waals surface area contributed by atoms with Crippen LogP contribution in [0.25, 0.3) is 10.9 Å². The number of aliphatic imine (C=N–C) groups is 3. The zero-order valence-electron chi connectivity index (χ0n) is 36.6. The fourth-order valence-corrected chi connectivity index (χ4v) is 7.94. The van der Waals surface area contributed by atoms with Crippen LogP contribution in [0.4, 0.5) is 0 Å². The number of aromatic nitrogens is 1. The number of H-pyrrole nitrogens is 1. The minimum atomic E-state index is -1.26. The van der Waals surface area contributed by atoms with Gasteiger partial charge in [0, 0.05) is 56.7 Å². The number of aromatic amines is 1. The number of benzene rings is 1. The Hall–Kier alpha value is -6.65. The Bertz CT molecular complexity index is 2010. The van der Waals surface area contributed by atoms with E-state index < -0.39 is 71.7 Å². The van der Waals surface area contributed by atoms with E-state index in [0.717, 1.165) is 16.5 Å². The lowest BCUT2D eigenvalue weighted by Crippen LogP contribution is -2.61. The molecule has 2 fully saturated rings. The van der Waals surface area contributed by atoms with Crippen LogP contribution in [0.2, 0.25) is 0 Å². The molecule has 2 saturated heterocycles. The van der Waals surface area contributed by atoms with E-state index in [1.165, 1.54) is 16.8 Å². The number of fused-ring (bicyclic) bond motifs is 2. The molecule has 64 heavy (non-hydrogen) atoms. The van der Waals surface area contributed by atoms with Crippen LogP contribution in [0.5, 0.6) is 0 Å². The van der Waals surface area contributed by atoms with Gasteiger partial charge in [-0.3, -0.25) is 43.7 Å². The zero-order valence-corrected chi connectivity index (χ0v) is 36.6. The molecule has 23 nitrogen and oxygen atoms in total. The van der Waals surface area contributed by atoms with Crippen LogP contribution < -0.4 is 61.4 Å². The van der Waals surface area contributed by atoms with E-state index in [0.29, 0.717) is 32.2 Å². The molecule has 2 aromatic rings. The third-order valence-electron chi connectivity index (χ3n) is 11.3. The van der Waals surface area contributed by atoms with Gasteiger partial charge >= 0.3 is 0 Å². The summed E-state index contributed by atoms with van der Waals surface area (Å²) in [6.45, 7) is 0.943. The first-order chi connectivity index (χ1) is 30.6. The number of amides is 6. The van der Waals surface area contributed by atoms with Gasteiger partial charge < -0.3 is 76.2 Å². The number of guanidine groups is 3. The van der Waals surface area contributed by atoms with E-state index in [1.54, 1.807) is 6.20 Å². The summed E-state index contributed by atoms with van der Waals surface area (Å²) in [6, 6.07) is 0.561. The summed E-state index contributed by atoms with van der Waals surface area (Å²) in [6.07, 6.45) is 4.65. The highest BCUT2D eigenvalue weighted by Gasteiger charge is 2.42. The van der Waals surface area contributed by atoms with Crippen molar-refractivity contribution in [1.82, 2.24) is 36.1 Å². The van der Waals surface area contributed by atoms with Gasteiger partial charge in [-0.1, -0.05) is 18.2 Å². The Morgan fingerprint density at radius 1 is 0.641 bits per heavy atom. The molecule has 1 aromatic heterocycles. The lowest BCUT2D eigenvalue weighted by molar-refractivity contribution is -0.148. The van der Waals surface area contributed by atoms with E-state index >= 15 is 0 Å². The lowest BCUT2D eigenvalue weighted by Gasteiger charge is -2.35. The Morgan fingerprint density at radius 3 is 1.64 bits per heavy atom. The summed E-state index contributed by atoms with van der Waals surface area (Å²) >= 11 is 0. The third kappa shape index (κ3) is 14.7. The van der Waals surface area contributed by atoms with Crippen molar-refractivity contribution >= 4 is 64.2 Å². The van der Waals surface area contributed by atoms with Gasteiger partial charge in [0.05, 0.1) is 0 Å². The zero-order chi connectivity index (χ0) is 46.8. The number of nitrogens with zero attached hydrogens (tertiary/aromatic N) is 5. The molecule has 0 radical (unpaired) electrons. The molecule has 6 amide bonds. The predicted molar refractivity (Wildman–Crippen MR) is 244 cm³/mol. The standard InChI is InChI=1S/C41H67N17O6/c1-57-32(22-24-23-52-26-11-3-2-10-25(24)26)36(62)55-29(15-8-20-51-41(47)48)34(60)53-27(13-6-18-49-39(43)44)33(59)54-28(14-7-19-50-40(45)46)35(61)56-30(12-4-5-17-42)37(63)58-21-9-16-31(58)38(57)64/h2-3,10-11,23,27-32,52H,4-9,12-22,42H2,1H3,(H,53,60)(H,54,59)(H,55,62)(H,56,61)(H4,43,44,49)(H4,45,46,50)(H4,47,48,51)/t27-,28+,29+,30+,31-,32+/m1/s1. The molecule has 0 bridgehead atoms. The van der Waals surface area contributed by atoms with Crippen LogP contribution in [-0.4, -0.2) is 144 Å². The molecule has 2 aliphatic rings. The van der Waals surface area contributed by atoms with E-state index in [4.69, 9.17) is 40.1 Å². The van der Waals surface area contributed by atoms with E-state index in [-0.39, 0.29) is 95.4 Å². The van der Waals surface area contributed by atoms with Gasteiger partial charge in [-0.2, -0.15) is 0 Å². The predicted octanol–water partition coefficient (Wildman–Crippen LogP) is -3.23. The summed E-state index contributed by atoms with van der Waals surface area (Å²) in [4.78, 5) is 105. The van der Waals surface area contributed by atoms with Crippen molar-refractivity contribution in [3.63, 3.8) is 0 Å². The van der Waals surface area contributed by atoms with E-state index in [2.05, 4.69) is 41.2 Å². The van der Waals surface area contributed by atoms with Gasteiger partial charge in [-0.25, -0.2) is 0 Å². The van der Waals surface area contributed by atoms with Gasteiger partial charge in [-0.05, 0) is 88.8 Å². The van der Waals surface area contributed by atoms with Gasteiger partial charge in [0.25, 0.3) is 0 Å². The maximum atomic E-state index is 14.7. The Labute approximate surface area is 372 Å². The van der Waals surface area contributed by atoms with Gasteiger partial charge in [0.2, 0.25) is 35.4 Å². The number of para-hydroxylation sites is 1. The summed E-state index contributed by atoms with van der Waals surface area (Å²) in [7, 11) is 1.50. The first-order valence-electron chi connectivity index (χ1n) is 21.8.